The molecule has 4 heterocycles. The molecular weight excluding hydrogens is 419 g/mol. The molecule has 1 aliphatic carbocycles. The number of ether oxygens (including phenoxy) is 1. The van der Waals surface area contributed by atoms with Crippen molar-refractivity contribution >= 4 is 10.0 Å². The van der Waals surface area contributed by atoms with Gasteiger partial charge in [-0.3, -0.25) is 9.88 Å². The predicted molar refractivity (Wildman–Crippen MR) is 102 cm³/mol. The van der Waals surface area contributed by atoms with E-state index in [1.165, 1.54) is 11.2 Å². The van der Waals surface area contributed by atoms with E-state index in [0.29, 0.717) is 24.5 Å². The van der Waals surface area contributed by atoms with Gasteiger partial charge < -0.3 is 4.74 Å². The van der Waals surface area contributed by atoms with Crippen molar-refractivity contribution in [2.24, 2.45) is 10.8 Å². The van der Waals surface area contributed by atoms with Gasteiger partial charge in [-0.25, -0.2) is 8.42 Å². The fourth-order valence-electron chi connectivity index (χ4n) is 5.56. The summed E-state index contributed by atoms with van der Waals surface area (Å²) in [6.07, 6.45) is 0.0848. The van der Waals surface area contributed by atoms with E-state index in [1.807, 2.05) is 0 Å². The summed E-state index contributed by atoms with van der Waals surface area (Å²) in [6.45, 7) is 6.21. The molecule has 1 saturated carbocycles. The van der Waals surface area contributed by atoms with E-state index in [0.717, 1.165) is 64.2 Å². The second-order valence-electron chi connectivity index (χ2n) is 9.70. The van der Waals surface area contributed by atoms with E-state index in [9.17, 15) is 21.6 Å². The molecule has 1 aromatic rings. The zero-order valence-electron chi connectivity index (χ0n) is 16.9. The summed E-state index contributed by atoms with van der Waals surface area (Å²) in [7, 11) is -3.84. The number of rotatable bonds is 3. The monoisotopic (exact) mass is 445 g/mol. The van der Waals surface area contributed by atoms with Crippen LogP contribution in [0, 0.1) is 17.8 Å². The first-order chi connectivity index (χ1) is 14.0. The molecule has 166 valence electrons. The van der Waals surface area contributed by atoms with Gasteiger partial charge in [0.15, 0.2) is 0 Å². The number of pyridine rings is 1. The lowest BCUT2D eigenvalue weighted by Crippen LogP contribution is -2.70. The Labute approximate surface area is 174 Å². The number of hydrogen-bond donors (Lipinski definition) is 0. The molecule has 2 spiro atoms. The van der Waals surface area contributed by atoms with Crippen molar-refractivity contribution in [1.29, 1.82) is 0 Å². The Bertz CT molecular complexity index is 938. The molecule has 3 aliphatic heterocycles. The number of hydrogen-bond acceptors (Lipinski definition) is 5. The molecule has 0 radical (unpaired) electrons. The maximum absolute atomic E-state index is 13.0. The standard InChI is InChI=1S/C20H26F3N3O3S/c1-14-6-17(20(21,22)23)24-9-16(14)30(27,28)26-4-2-18(3-5-26)7-15(8-18)25-10-19(11-25)12-29-13-19/h6,9,15H,2-5,7-8,10-13H2,1H3. The summed E-state index contributed by atoms with van der Waals surface area (Å²) in [5.41, 5.74) is -0.372. The van der Waals surface area contributed by atoms with Gasteiger partial charge in [0.05, 0.1) is 13.2 Å². The van der Waals surface area contributed by atoms with Crippen LogP contribution in [0.1, 0.15) is 36.9 Å². The zero-order chi connectivity index (χ0) is 21.4. The van der Waals surface area contributed by atoms with Crippen molar-refractivity contribution in [3.8, 4) is 0 Å². The van der Waals surface area contributed by atoms with Gasteiger partial charge in [-0.15, -0.1) is 0 Å². The maximum Gasteiger partial charge on any atom is 0.433 e. The highest BCUT2D eigenvalue weighted by atomic mass is 32.2. The van der Waals surface area contributed by atoms with Gasteiger partial charge in [-0.05, 0) is 49.7 Å². The number of nitrogens with zero attached hydrogens (tertiary/aromatic N) is 3. The highest BCUT2D eigenvalue weighted by molar-refractivity contribution is 7.89. The average Bonchev–Trinajstić information content (AvgIpc) is 2.57. The van der Waals surface area contributed by atoms with Crippen molar-refractivity contribution in [2.45, 2.75) is 49.7 Å². The minimum absolute atomic E-state index is 0.0769. The zero-order valence-corrected chi connectivity index (χ0v) is 17.7. The van der Waals surface area contributed by atoms with Crippen LogP contribution in [-0.2, 0) is 20.9 Å². The van der Waals surface area contributed by atoms with Crippen LogP contribution in [-0.4, -0.2) is 68.0 Å². The number of piperidine rings is 1. The molecular formula is C20H26F3N3O3S. The molecule has 30 heavy (non-hydrogen) atoms. The number of aryl methyl sites for hydroxylation is 1. The second kappa shape index (κ2) is 6.63. The summed E-state index contributed by atoms with van der Waals surface area (Å²) in [5.74, 6) is 0. The van der Waals surface area contributed by atoms with Gasteiger partial charge in [0.2, 0.25) is 10.0 Å². The number of likely N-dealkylation sites (tertiary alicyclic amines) is 1. The minimum Gasteiger partial charge on any atom is -0.380 e. The molecule has 10 heteroatoms. The number of sulfonamides is 1. The normalized spacial score (nSPS) is 26.9. The van der Waals surface area contributed by atoms with Crippen molar-refractivity contribution in [3.05, 3.63) is 23.5 Å². The highest BCUT2D eigenvalue weighted by Crippen LogP contribution is 2.54. The van der Waals surface area contributed by atoms with Gasteiger partial charge in [0, 0.05) is 43.8 Å². The van der Waals surface area contributed by atoms with Gasteiger partial charge in [-0.1, -0.05) is 0 Å². The molecule has 0 unspecified atom stereocenters. The fraction of sp³-hybridized carbons (Fsp3) is 0.750. The SMILES string of the molecule is Cc1cc(C(F)(F)F)ncc1S(=O)(=O)N1CCC2(CC1)CC(N1CC3(COC3)C1)C2. The van der Waals surface area contributed by atoms with Crippen LogP contribution in [0.2, 0.25) is 0 Å². The Kier molecular flexibility index (Phi) is 4.57. The van der Waals surface area contributed by atoms with Crippen LogP contribution in [0.25, 0.3) is 0 Å². The molecule has 0 amide bonds. The molecule has 0 aromatic carbocycles. The molecule has 5 rings (SSSR count). The van der Waals surface area contributed by atoms with Crippen molar-refractivity contribution in [1.82, 2.24) is 14.2 Å². The second-order valence-corrected chi connectivity index (χ2v) is 11.6. The van der Waals surface area contributed by atoms with E-state index < -0.39 is 21.9 Å². The summed E-state index contributed by atoms with van der Waals surface area (Å²) in [6, 6.07) is 1.41. The number of aromatic nitrogens is 1. The van der Waals surface area contributed by atoms with E-state index in [1.54, 1.807) is 0 Å². The van der Waals surface area contributed by atoms with Gasteiger partial charge >= 0.3 is 6.18 Å². The van der Waals surface area contributed by atoms with Crippen LogP contribution < -0.4 is 0 Å². The third-order valence-corrected chi connectivity index (χ3v) is 9.53. The molecule has 0 bridgehead atoms. The summed E-state index contributed by atoms with van der Waals surface area (Å²) in [4.78, 5) is 5.75. The van der Waals surface area contributed by atoms with Crippen LogP contribution in [0.5, 0.6) is 0 Å². The van der Waals surface area contributed by atoms with Crippen LogP contribution in [0.4, 0.5) is 13.2 Å². The predicted octanol–water partition coefficient (Wildman–Crippen LogP) is 2.67. The van der Waals surface area contributed by atoms with Crippen LogP contribution >= 0.6 is 0 Å². The Balaban J connectivity index is 1.19. The van der Waals surface area contributed by atoms with Crippen LogP contribution in [0.3, 0.4) is 0 Å². The van der Waals surface area contributed by atoms with Gasteiger partial charge in [-0.2, -0.15) is 17.5 Å². The number of alkyl halides is 3. The van der Waals surface area contributed by atoms with E-state index >= 15 is 0 Å². The van der Waals surface area contributed by atoms with Gasteiger partial charge in [0.25, 0.3) is 0 Å². The third-order valence-electron chi connectivity index (χ3n) is 7.50. The lowest BCUT2D eigenvalue weighted by molar-refractivity contribution is -0.215. The Morgan fingerprint density at radius 1 is 1.13 bits per heavy atom. The third kappa shape index (κ3) is 3.27. The lowest BCUT2D eigenvalue weighted by Gasteiger charge is -2.63. The fourth-order valence-corrected chi connectivity index (χ4v) is 7.15. The first-order valence-electron chi connectivity index (χ1n) is 10.4. The molecule has 1 aromatic heterocycles. The largest absolute Gasteiger partial charge is 0.433 e. The van der Waals surface area contributed by atoms with Crippen molar-refractivity contribution < 1.29 is 26.3 Å². The molecule has 3 saturated heterocycles. The van der Waals surface area contributed by atoms with Crippen molar-refractivity contribution in [3.63, 3.8) is 0 Å². The first-order valence-corrected chi connectivity index (χ1v) is 11.8. The molecule has 0 atom stereocenters. The van der Waals surface area contributed by atoms with Crippen molar-refractivity contribution in [2.75, 3.05) is 39.4 Å². The van der Waals surface area contributed by atoms with Crippen LogP contribution in [0.15, 0.2) is 17.2 Å². The maximum atomic E-state index is 13.0. The van der Waals surface area contributed by atoms with E-state index in [4.69, 9.17) is 4.74 Å². The van der Waals surface area contributed by atoms with E-state index in [2.05, 4.69) is 9.88 Å². The lowest BCUT2D eigenvalue weighted by atomic mass is 9.59. The highest BCUT2D eigenvalue weighted by Gasteiger charge is 2.56. The van der Waals surface area contributed by atoms with E-state index in [-0.39, 0.29) is 15.9 Å². The summed E-state index contributed by atoms with van der Waals surface area (Å²) in [5, 5.41) is 0. The quantitative estimate of drug-likeness (QED) is 0.716. The molecule has 4 fully saturated rings. The minimum atomic E-state index is -4.59. The average molecular weight is 446 g/mol. The topological polar surface area (TPSA) is 62.7 Å². The molecule has 4 aliphatic rings. The molecule has 0 N–H and O–H groups in total. The number of halogens is 3. The Hall–Kier alpha value is -1.23. The summed E-state index contributed by atoms with van der Waals surface area (Å²) < 4.78 is 71.3. The summed E-state index contributed by atoms with van der Waals surface area (Å²) >= 11 is 0. The van der Waals surface area contributed by atoms with Gasteiger partial charge in [0.1, 0.15) is 10.6 Å². The Morgan fingerprint density at radius 3 is 2.27 bits per heavy atom. The first kappa shape index (κ1) is 20.7. The smallest absolute Gasteiger partial charge is 0.380 e. The molecule has 6 nitrogen and oxygen atoms in total. The Morgan fingerprint density at radius 2 is 1.77 bits per heavy atom.